The minimum atomic E-state index is -0.308. The first-order valence-corrected chi connectivity index (χ1v) is 7.36. The van der Waals surface area contributed by atoms with Gasteiger partial charge in [0.2, 0.25) is 5.91 Å². The number of benzene rings is 1. The molecule has 1 aromatic rings. The normalized spacial score (nSPS) is 17.6. The van der Waals surface area contributed by atoms with E-state index in [2.05, 4.69) is 26.6 Å². The van der Waals surface area contributed by atoms with Crippen LogP contribution in [0, 0.1) is 11.7 Å². The van der Waals surface area contributed by atoms with Crippen LogP contribution in [0.4, 0.5) is 4.39 Å². The number of amides is 1. The van der Waals surface area contributed by atoms with Gasteiger partial charge in [-0.15, -0.1) is 12.4 Å². The Hall–Kier alpha value is -0.650. The molecule has 1 aromatic carbocycles. The van der Waals surface area contributed by atoms with Crippen LogP contribution in [0.15, 0.2) is 22.7 Å². The molecular weight excluding hydrogens is 347 g/mol. The third-order valence-corrected chi connectivity index (χ3v) is 3.99. The zero-order chi connectivity index (χ0) is 13.7. The lowest BCUT2D eigenvalue weighted by atomic mass is 10.1. The van der Waals surface area contributed by atoms with E-state index in [0.29, 0.717) is 23.4 Å². The fourth-order valence-electron chi connectivity index (χ4n) is 2.27. The van der Waals surface area contributed by atoms with Crippen LogP contribution in [0.3, 0.4) is 0 Å². The van der Waals surface area contributed by atoms with E-state index < -0.39 is 0 Å². The van der Waals surface area contributed by atoms with Crippen molar-refractivity contribution in [2.75, 3.05) is 19.6 Å². The second-order valence-electron chi connectivity index (χ2n) is 4.92. The van der Waals surface area contributed by atoms with Gasteiger partial charge in [0, 0.05) is 6.54 Å². The summed E-state index contributed by atoms with van der Waals surface area (Å²) < 4.78 is 13.5. The molecule has 0 aromatic heterocycles. The van der Waals surface area contributed by atoms with Gasteiger partial charge in [-0.1, -0.05) is 6.07 Å². The average molecular weight is 366 g/mol. The molecule has 1 atom stereocenters. The molecule has 0 spiro atoms. The Morgan fingerprint density at radius 3 is 2.95 bits per heavy atom. The van der Waals surface area contributed by atoms with Gasteiger partial charge in [-0.2, -0.15) is 0 Å². The smallest absolute Gasteiger partial charge is 0.224 e. The van der Waals surface area contributed by atoms with E-state index in [0.717, 1.165) is 25.1 Å². The standard InChI is InChI=1S/C14H18BrFN2O.ClH/c15-12-7-11(1-2-13(12)16)8-14(19)18-6-4-10-3-5-17-9-10;/h1-2,7,10,17H,3-6,8-9H2,(H,18,19);1H. The van der Waals surface area contributed by atoms with E-state index in [1.54, 1.807) is 12.1 Å². The molecule has 0 radical (unpaired) electrons. The fourth-order valence-corrected chi connectivity index (χ4v) is 2.70. The highest BCUT2D eigenvalue weighted by molar-refractivity contribution is 9.10. The highest BCUT2D eigenvalue weighted by Crippen LogP contribution is 2.17. The Morgan fingerprint density at radius 2 is 2.30 bits per heavy atom. The predicted molar refractivity (Wildman–Crippen MR) is 83.7 cm³/mol. The van der Waals surface area contributed by atoms with Crippen molar-refractivity contribution < 1.29 is 9.18 Å². The van der Waals surface area contributed by atoms with Crippen molar-refractivity contribution in [1.82, 2.24) is 10.6 Å². The summed E-state index contributed by atoms with van der Waals surface area (Å²) in [6.45, 7) is 2.86. The van der Waals surface area contributed by atoms with Crippen LogP contribution in [0.25, 0.3) is 0 Å². The van der Waals surface area contributed by atoms with Crippen molar-refractivity contribution in [2.45, 2.75) is 19.3 Å². The van der Waals surface area contributed by atoms with Crippen molar-refractivity contribution in [3.05, 3.63) is 34.1 Å². The van der Waals surface area contributed by atoms with E-state index >= 15 is 0 Å². The lowest BCUT2D eigenvalue weighted by molar-refractivity contribution is -0.120. The largest absolute Gasteiger partial charge is 0.356 e. The van der Waals surface area contributed by atoms with Gasteiger partial charge in [0.15, 0.2) is 0 Å². The zero-order valence-electron chi connectivity index (χ0n) is 11.1. The van der Waals surface area contributed by atoms with Crippen LogP contribution in [-0.4, -0.2) is 25.5 Å². The highest BCUT2D eigenvalue weighted by Gasteiger charge is 2.14. The minimum Gasteiger partial charge on any atom is -0.356 e. The van der Waals surface area contributed by atoms with Gasteiger partial charge in [-0.3, -0.25) is 4.79 Å². The molecular formula is C14H19BrClFN2O. The molecule has 1 aliphatic heterocycles. The summed E-state index contributed by atoms with van der Waals surface area (Å²) in [6, 6.07) is 4.66. The highest BCUT2D eigenvalue weighted by atomic mass is 79.9. The predicted octanol–water partition coefficient (Wildman–Crippen LogP) is 2.67. The van der Waals surface area contributed by atoms with Crippen LogP contribution in [0.1, 0.15) is 18.4 Å². The molecule has 1 amide bonds. The first kappa shape index (κ1) is 17.4. The number of halogens is 3. The maximum atomic E-state index is 13.1. The first-order chi connectivity index (χ1) is 9.15. The molecule has 112 valence electrons. The zero-order valence-corrected chi connectivity index (χ0v) is 13.5. The minimum absolute atomic E-state index is 0. The van der Waals surface area contributed by atoms with E-state index in [1.165, 1.54) is 12.5 Å². The van der Waals surface area contributed by atoms with E-state index in [4.69, 9.17) is 0 Å². The second-order valence-corrected chi connectivity index (χ2v) is 5.78. The molecule has 1 fully saturated rings. The number of hydrogen-bond acceptors (Lipinski definition) is 2. The fraction of sp³-hybridized carbons (Fsp3) is 0.500. The van der Waals surface area contributed by atoms with E-state index in [1.807, 2.05) is 0 Å². The molecule has 2 rings (SSSR count). The Morgan fingerprint density at radius 1 is 1.50 bits per heavy atom. The number of hydrogen-bond donors (Lipinski definition) is 2. The second kappa shape index (κ2) is 8.60. The molecule has 0 saturated carbocycles. The molecule has 3 nitrogen and oxygen atoms in total. The summed E-state index contributed by atoms with van der Waals surface area (Å²) in [7, 11) is 0. The van der Waals surface area contributed by atoms with Crippen molar-refractivity contribution >= 4 is 34.2 Å². The van der Waals surface area contributed by atoms with Crippen LogP contribution in [-0.2, 0) is 11.2 Å². The number of rotatable bonds is 5. The summed E-state index contributed by atoms with van der Waals surface area (Å²) in [5.41, 5.74) is 0.813. The van der Waals surface area contributed by atoms with Crippen LogP contribution < -0.4 is 10.6 Å². The average Bonchev–Trinajstić information content (AvgIpc) is 2.87. The maximum Gasteiger partial charge on any atom is 0.224 e. The Balaban J connectivity index is 0.00000200. The number of nitrogens with one attached hydrogen (secondary N) is 2. The molecule has 0 aliphatic carbocycles. The Kier molecular flexibility index (Phi) is 7.48. The molecule has 20 heavy (non-hydrogen) atoms. The van der Waals surface area contributed by atoms with Crippen LogP contribution in [0.2, 0.25) is 0 Å². The maximum absolute atomic E-state index is 13.1. The summed E-state index contributed by atoms with van der Waals surface area (Å²) >= 11 is 3.12. The Labute approximate surface area is 133 Å². The first-order valence-electron chi connectivity index (χ1n) is 6.56. The third-order valence-electron chi connectivity index (χ3n) is 3.39. The summed E-state index contributed by atoms with van der Waals surface area (Å²) in [6.07, 6.45) is 2.51. The number of carbonyl (C=O) groups is 1. The van der Waals surface area contributed by atoms with Crippen LogP contribution >= 0.6 is 28.3 Å². The molecule has 1 saturated heterocycles. The van der Waals surface area contributed by atoms with Crippen molar-refractivity contribution in [3.8, 4) is 0 Å². The molecule has 1 aliphatic rings. The van der Waals surface area contributed by atoms with Gasteiger partial charge >= 0.3 is 0 Å². The summed E-state index contributed by atoms with van der Waals surface area (Å²) in [5.74, 6) is 0.364. The van der Waals surface area contributed by atoms with Gasteiger partial charge in [0.05, 0.1) is 10.9 Å². The van der Waals surface area contributed by atoms with E-state index in [9.17, 15) is 9.18 Å². The third kappa shape index (κ3) is 5.38. The van der Waals surface area contributed by atoms with Gasteiger partial charge in [0.25, 0.3) is 0 Å². The van der Waals surface area contributed by atoms with E-state index in [-0.39, 0.29) is 24.1 Å². The van der Waals surface area contributed by atoms with Gasteiger partial charge in [-0.05, 0) is 65.5 Å². The molecule has 1 heterocycles. The lowest BCUT2D eigenvalue weighted by Crippen LogP contribution is -2.27. The molecule has 0 bridgehead atoms. The van der Waals surface area contributed by atoms with Crippen LogP contribution in [0.5, 0.6) is 0 Å². The summed E-state index contributed by atoms with van der Waals surface area (Å²) in [4.78, 5) is 11.7. The monoisotopic (exact) mass is 364 g/mol. The molecule has 1 unspecified atom stereocenters. The van der Waals surface area contributed by atoms with Crippen molar-refractivity contribution in [1.29, 1.82) is 0 Å². The Bertz CT molecular complexity index is 453. The van der Waals surface area contributed by atoms with Gasteiger partial charge in [-0.25, -0.2) is 4.39 Å². The topological polar surface area (TPSA) is 41.1 Å². The SMILES string of the molecule is Cl.O=C(Cc1ccc(F)c(Br)c1)NCCC1CCNC1. The molecule has 2 N–H and O–H groups in total. The lowest BCUT2D eigenvalue weighted by Gasteiger charge is -2.09. The van der Waals surface area contributed by atoms with Crippen molar-refractivity contribution in [2.24, 2.45) is 5.92 Å². The quantitative estimate of drug-likeness (QED) is 0.842. The number of carbonyl (C=O) groups excluding carboxylic acids is 1. The van der Waals surface area contributed by atoms with Gasteiger partial charge < -0.3 is 10.6 Å². The van der Waals surface area contributed by atoms with Gasteiger partial charge in [0.1, 0.15) is 5.82 Å². The summed E-state index contributed by atoms with van der Waals surface area (Å²) in [5, 5.41) is 6.22. The van der Waals surface area contributed by atoms with Crippen molar-refractivity contribution in [3.63, 3.8) is 0 Å². The molecule has 6 heteroatoms.